The van der Waals surface area contributed by atoms with E-state index in [9.17, 15) is 9.59 Å². The fraction of sp³-hybridized carbons (Fsp3) is 0.250. The molecule has 0 atom stereocenters. The molecule has 9 heteroatoms. The molecule has 0 aliphatic carbocycles. The van der Waals surface area contributed by atoms with E-state index in [4.69, 9.17) is 8.94 Å². The van der Waals surface area contributed by atoms with Gasteiger partial charge in [0.25, 0.3) is 5.22 Å². The van der Waals surface area contributed by atoms with Gasteiger partial charge in [-0.1, -0.05) is 29.1 Å². The van der Waals surface area contributed by atoms with Gasteiger partial charge in [-0.3, -0.25) is 9.59 Å². The Labute approximate surface area is 147 Å². The Morgan fingerprint density at radius 2 is 2.12 bits per heavy atom. The first-order valence-electron chi connectivity index (χ1n) is 7.47. The molecule has 0 unspecified atom stereocenters. The van der Waals surface area contributed by atoms with Crippen molar-refractivity contribution in [1.82, 2.24) is 15.0 Å². The van der Waals surface area contributed by atoms with Crippen LogP contribution in [0.1, 0.15) is 5.76 Å². The van der Waals surface area contributed by atoms with E-state index in [0.29, 0.717) is 22.4 Å². The first-order chi connectivity index (χ1) is 12.0. The molecule has 0 radical (unpaired) electrons. The highest BCUT2D eigenvalue weighted by molar-refractivity contribution is 7.99. The topological polar surface area (TPSA) is 101 Å². The number of likely N-dealkylation sites (N-methyl/N-ethyl adjacent to an activating group) is 1. The van der Waals surface area contributed by atoms with Crippen LogP contribution in [0.4, 0.5) is 5.82 Å². The molecule has 0 bridgehead atoms. The summed E-state index contributed by atoms with van der Waals surface area (Å²) >= 11 is 1.19. The highest BCUT2D eigenvalue weighted by Gasteiger charge is 2.16. The summed E-state index contributed by atoms with van der Waals surface area (Å²) in [5.41, 5.74) is 1.42. The van der Waals surface area contributed by atoms with Gasteiger partial charge in [-0.2, -0.15) is 0 Å². The number of anilines is 1. The van der Waals surface area contributed by atoms with Gasteiger partial charge in [0.15, 0.2) is 11.4 Å². The van der Waals surface area contributed by atoms with Crippen molar-refractivity contribution in [3.05, 3.63) is 36.1 Å². The quantitative estimate of drug-likeness (QED) is 0.673. The number of benzene rings is 1. The van der Waals surface area contributed by atoms with Gasteiger partial charge >= 0.3 is 0 Å². The number of hydrogen-bond acceptors (Lipinski definition) is 7. The summed E-state index contributed by atoms with van der Waals surface area (Å²) in [6, 6.07) is 8.98. The molecule has 0 fully saturated rings. The molecule has 2 aromatic heterocycles. The van der Waals surface area contributed by atoms with Crippen LogP contribution in [-0.2, 0) is 9.59 Å². The molecule has 1 N–H and O–H groups in total. The van der Waals surface area contributed by atoms with Gasteiger partial charge in [0, 0.05) is 13.1 Å². The molecule has 0 saturated carbocycles. The van der Waals surface area contributed by atoms with Crippen molar-refractivity contribution < 1.29 is 18.5 Å². The van der Waals surface area contributed by atoms with Crippen molar-refractivity contribution in [2.45, 2.75) is 12.1 Å². The molecule has 2 heterocycles. The molecule has 25 heavy (non-hydrogen) atoms. The first-order valence-corrected chi connectivity index (χ1v) is 8.45. The summed E-state index contributed by atoms with van der Waals surface area (Å²) in [5.74, 6) is 0.480. The number of nitrogens with zero attached hydrogens (tertiary/aromatic N) is 3. The van der Waals surface area contributed by atoms with Crippen LogP contribution >= 0.6 is 11.8 Å². The maximum Gasteiger partial charge on any atom is 0.257 e. The molecule has 3 rings (SSSR count). The summed E-state index contributed by atoms with van der Waals surface area (Å²) in [7, 11) is 1.56. The van der Waals surface area contributed by atoms with Crippen molar-refractivity contribution in [2.75, 3.05) is 24.7 Å². The number of hydrogen-bond donors (Lipinski definition) is 1. The van der Waals surface area contributed by atoms with Crippen molar-refractivity contribution >= 4 is 40.5 Å². The lowest BCUT2D eigenvalue weighted by molar-refractivity contribution is -0.131. The zero-order valence-corrected chi connectivity index (χ0v) is 14.5. The minimum atomic E-state index is -0.351. The SMILES string of the molecule is Cc1cc(NC(=O)CN(C)C(=O)CSc2nc3ccccc3o2)no1. The van der Waals surface area contributed by atoms with Crippen LogP contribution < -0.4 is 5.32 Å². The third kappa shape index (κ3) is 4.38. The smallest absolute Gasteiger partial charge is 0.257 e. The molecule has 0 saturated heterocycles. The van der Waals surface area contributed by atoms with E-state index in [2.05, 4.69) is 15.5 Å². The number of aryl methyl sites for hydroxylation is 1. The van der Waals surface area contributed by atoms with Crippen LogP contribution in [0.15, 0.2) is 44.5 Å². The zero-order valence-electron chi connectivity index (χ0n) is 13.7. The molecular formula is C16H16N4O4S. The zero-order chi connectivity index (χ0) is 17.8. The number of amides is 2. The van der Waals surface area contributed by atoms with E-state index in [0.717, 1.165) is 5.52 Å². The molecule has 2 amide bonds. The number of thioether (sulfide) groups is 1. The number of oxazole rings is 1. The van der Waals surface area contributed by atoms with E-state index < -0.39 is 0 Å². The number of para-hydroxylation sites is 2. The van der Waals surface area contributed by atoms with E-state index in [1.807, 2.05) is 24.3 Å². The molecule has 0 spiro atoms. The van der Waals surface area contributed by atoms with Crippen LogP contribution in [0, 0.1) is 6.92 Å². The normalized spacial score (nSPS) is 10.8. The maximum absolute atomic E-state index is 12.1. The molecular weight excluding hydrogens is 344 g/mol. The lowest BCUT2D eigenvalue weighted by Gasteiger charge is -2.15. The molecule has 3 aromatic rings. The van der Waals surface area contributed by atoms with Gasteiger partial charge in [0.2, 0.25) is 11.8 Å². The number of nitrogens with one attached hydrogen (secondary N) is 1. The molecule has 0 aliphatic rings. The second kappa shape index (κ2) is 7.39. The van der Waals surface area contributed by atoms with Gasteiger partial charge in [0.05, 0.1) is 12.3 Å². The molecule has 130 valence electrons. The number of carbonyl (C=O) groups is 2. The highest BCUT2D eigenvalue weighted by Crippen LogP contribution is 2.23. The lowest BCUT2D eigenvalue weighted by Crippen LogP contribution is -2.36. The van der Waals surface area contributed by atoms with Crippen molar-refractivity contribution in [3.63, 3.8) is 0 Å². The Balaban J connectivity index is 1.49. The average Bonchev–Trinajstić information content (AvgIpc) is 3.17. The number of carbonyl (C=O) groups excluding carboxylic acids is 2. The summed E-state index contributed by atoms with van der Waals surface area (Å²) in [6.45, 7) is 1.64. The van der Waals surface area contributed by atoms with E-state index in [-0.39, 0.29) is 24.1 Å². The van der Waals surface area contributed by atoms with Gasteiger partial charge in [0.1, 0.15) is 11.3 Å². The third-order valence-electron chi connectivity index (χ3n) is 3.30. The molecule has 1 aromatic carbocycles. The lowest BCUT2D eigenvalue weighted by atomic mass is 10.3. The standard InChI is InChI=1S/C16H16N4O4S/c1-10-7-13(19-24-10)18-14(21)8-20(2)15(22)9-25-16-17-11-5-3-4-6-12(11)23-16/h3-7H,8-9H2,1-2H3,(H,18,19,21). The Bertz CT molecular complexity index is 871. The summed E-state index contributed by atoms with van der Waals surface area (Å²) in [4.78, 5) is 29.7. The Morgan fingerprint density at radius 1 is 1.32 bits per heavy atom. The van der Waals surface area contributed by atoms with Gasteiger partial charge in [-0.25, -0.2) is 4.98 Å². The average molecular weight is 360 g/mol. The number of aromatic nitrogens is 2. The maximum atomic E-state index is 12.1. The third-order valence-corrected chi connectivity index (χ3v) is 4.11. The second-order valence-electron chi connectivity index (χ2n) is 5.36. The largest absolute Gasteiger partial charge is 0.431 e. The summed E-state index contributed by atoms with van der Waals surface area (Å²) in [5, 5.41) is 6.66. The molecule has 0 aliphatic heterocycles. The van der Waals surface area contributed by atoms with Crippen LogP contribution in [0.5, 0.6) is 0 Å². The van der Waals surface area contributed by atoms with E-state index >= 15 is 0 Å². The van der Waals surface area contributed by atoms with Gasteiger partial charge < -0.3 is 19.2 Å². The van der Waals surface area contributed by atoms with Crippen LogP contribution in [-0.4, -0.2) is 46.2 Å². The number of fused-ring (bicyclic) bond motifs is 1. The Kier molecular flexibility index (Phi) is 5.03. The monoisotopic (exact) mass is 360 g/mol. The van der Waals surface area contributed by atoms with Crippen LogP contribution in [0.25, 0.3) is 11.1 Å². The minimum absolute atomic E-state index is 0.0845. The van der Waals surface area contributed by atoms with Crippen molar-refractivity contribution in [2.24, 2.45) is 0 Å². The Hall–Kier alpha value is -2.81. The van der Waals surface area contributed by atoms with Crippen LogP contribution in [0.3, 0.4) is 0 Å². The second-order valence-corrected chi connectivity index (χ2v) is 6.28. The van der Waals surface area contributed by atoms with Crippen LogP contribution in [0.2, 0.25) is 0 Å². The Morgan fingerprint density at radius 3 is 2.84 bits per heavy atom. The summed E-state index contributed by atoms with van der Waals surface area (Å²) < 4.78 is 10.4. The van der Waals surface area contributed by atoms with Gasteiger partial charge in [-0.05, 0) is 19.1 Å². The van der Waals surface area contributed by atoms with Crippen molar-refractivity contribution in [3.8, 4) is 0 Å². The predicted molar refractivity (Wildman–Crippen MR) is 92.2 cm³/mol. The minimum Gasteiger partial charge on any atom is -0.431 e. The fourth-order valence-electron chi connectivity index (χ4n) is 2.06. The van der Waals surface area contributed by atoms with E-state index in [1.54, 1.807) is 20.0 Å². The van der Waals surface area contributed by atoms with Gasteiger partial charge in [-0.15, -0.1) is 0 Å². The van der Waals surface area contributed by atoms with Crippen molar-refractivity contribution in [1.29, 1.82) is 0 Å². The predicted octanol–water partition coefficient (Wildman–Crippen LogP) is 2.31. The summed E-state index contributed by atoms with van der Waals surface area (Å²) in [6.07, 6.45) is 0. The number of rotatable bonds is 6. The highest BCUT2D eigenvalue weighted by atomic mass is 32.2. The fourth-order valence-corrected chi connectivity index (χ4v) is 2.84. The van der Waals surface area contributed by atoms with E-state index in [1.165, 1.54) is 16.7 Å². The molecule has 8 nitrogen and oxygen atoms in total. The first kappa shape index (κ1) is 17.0.